The van der Waals surface area contributed by atoms with Crippen molar-refractivity contribution in [3.05, 3.63) is 30.3 Å². The van der Waals surface area contributed by atoms with Gasteiger partial charge >= 0.3 is 6.16 Å². The van der Waals surface area contributed by atoms with Gasteiger partial charge in [-0.1, -0.05) is 18.2 Å². The van der Waals surface area contributed by atoms with Crippen LogP contribution in [0.2, 0.25) is 0 Å². The Bertz CT molecular complexity index is 323. The zero-order valence-corrected chi connectivity index (χ0v) is 8.22. The molecule has 15 heavy (non-hydrogen) atoms. The molecule has 4 nitrogen and oxygen atoms in total. The Morgan fingerprint density at radius 3 is 2.87 bits per heavy atom. The lowest BCUT2D eigenvalue weighted by molar-refractivity contribution is -0.0372. The van der Waals surface area contributed by atoms with Gasteiger partial charge in [0, 0.05) is 6.42 Å². The Morgan fingerprint density at radius 2 is 2.13 bits per heavy atom. The first-order valence-corrected chi connectivity index (χ1v) is 4.86. The van der Waals surface area contributed by atoms with E-state index in [1.165, 1.54) is 0 Å². The molecule has 0 radical (unpaired) electrons. The number of para-hydroxylation sites is 1. The number of ether oxygens (including phenoxy) is 3. The summed E-state index contributed by atoms with van der Waals surface area (Å²) < 4.78 is 15.0. The number of rotatable bonds is 3. The average Bonchev–Trinajstić information content (AvgIpc) is 2.28. The van der Waals surface area contributed by atoms with E-state index in [1.54, 1.807) is 0 Å². The summed E-state index contributed by atoms with van der Waals surface area (Å²) in [5, 5.41) is 0. The molecule has 0 amide bonds. The lowest BCUT2D eigenvalue weighted by atomic mass is 10.2. The molecule has 0 spiro atoms. The number of hydrogen-bond acceptors (Lipinski definition) is 4. The second kappa shape index (κ2) is 4.68. The van der Waals surface area contributed by atoms with Crippen molar-refractivity contribution >= 4 is 6.16 Å². The molecular weight excluding hydrogens is 196 g/mol. The standard InChI is InChI=1S/C11H12O4/c12-11-13-7-6-10(15-11)8-14-9-4-2-1-3-5-9/h1-5,10H,6-8H2. The molecule has 1 heterocycles. The number of cyclic esters (lactones) is 2. The van der Waals surface area contributed by atoms with Crippen molar-refractivity contribution in [2.75, 3.05) is 13.2 Å². The van der Waals surface area contributed by atoms with Gasteiger partial charge in [-0.15, -0.1) is 0 Å². The van der Waals surface area contributed by atoms with Gasteiger partial charge in [0.15, 0.2) is 0 Å². The van der Waals surface area contributed by atoms with Crippen LogP contribution in [0.5, 0.6) is 5.75 Å². The molecule has 0 aromatic heterocycles. The summed E-state index contributed by atoms with van der Waals surface area (Å²) in [4.78, 5) is 10.8. The number of carbonyl (C=O) groups is 1. The van der Waals surface area contributed by atoms with Gasteiger partial charge < -0.3 is 14.2 Å². The molecule has 2 rings (SSSR count). The summed E-state index contributed by atoms with van der Waals surface area (Å²) in [5.74, 6) is 0.778. The van der Waals surface area contributed by atoms with Crippen molar-refractivity contribution in [3.63, 3.8) is 0 Å². The molecule has 1 aliphatic rings. The normalized spacial score (nSPS) is 20.3. The Hall–Kier alpha value is -1.71. The highest BCUT2D eigenvalue weighted by atomic mass is 16.7. The molecule has 1 aromatic rings. The van der Waals surface area contributed by atoms with Gasteiger partial charge in [0.1, 0.15) is 18.5 Å². The van der Waals surface area contributed by atoms with Gasteiger partial charge in [-0.05, 0) is 12.1 Å². The van der Waals surface area contributed by atoms with E-state index in [0.29, 0.717) is 19.6 Å². The van der Waals surface area contributed by atoms with Crippen molar-refractivity contribution in [2.24, 2.45) is 0 Å². The van der Waals surface area contributed by atoms with E-state index >= 15 is 0 Å². The molecule has 4 heteroatoms. The zero-order valence-electron chi connectivity index (χ0n) is 8.22. The summed E-state index contributed by atoms with van der Waals surface area (Å²) in [6.45, 7) is 0.779. The van der Waals surface area contributed by atoms with E-state index in [1.807, 2.05) is 30.3 Å². The number of carbonyl (C=O) groups excluding carboxylic acids is 1. The minimum absolute atomic E-state index is 0.202. The summed E-state index contributed by atoms with van der Waals surface area (Å²) in [6, 6.07) is 9.43. The molecule has 1 saturated heterocycles. The Labute approximate surface area is 87.8 Å². The van der Waals surface area contributed by atoms with Gasteiger partial charge in [0.2, 0.25) is 0 Å². The van der Waals surface area contributed by atoms with Crippen LogP contribution in [0.1, 0.15) is 6.42 Å². The van der Waals surface area contributed by atoms with E-state index in [4.69, 9.17) is 9.47 Å². The van der Waals surface area contributed by atoms with Crippen LogP contribution < -0.4 is 4.74 Å². The maximum Gasteiger partial charge on any atom is 0.508 e. The third-order valence-corrected chi connectivity index (χ3v) is 2.10. The maximum atomic E-state index is 10.8. The Kier molecular flexibility index (Phi) is 3.07. The van der Waals surface area contributed by atoms with Crippen LogP contribution in [0.25, 0.3) is 0 Å². The fourth-order valence-corrected chi connectivity index (χ4v) is 1.33. The van der Waals surface area contributed by atoms with Gasteiger partial charge in [-0.3, -0.25) is 0 Å². The lowest BCUT2D eigenvalue weighted by Gasteiger charge is -2.22. The second-order valence-corrected chi connectivity index (χ2v) is 3.25. The first-order valence-electron chi connectivity index (χ1n) is 4.86. The Morgan fingerprint density at radius 1 is 1.33 bits per heavy atom. The maximum absolute atomic E-state index is 10.8. The quantitative estimate of drug-likeness (QED) is 0.712. The van der Waals surface area contributed by atoms with Crippen LogP contribution in [-0.4, -0.2) is 25.5 Å². The first-order chi connectivity index (χ1) is 7.34. The first kappa shape index (κ1) is 9.83. The molecule has 0 bridgehead atoms. The summed E-state index contributed by atoms with van der Waals surface area (Å²) in [7, 11) is 0. The largest absolute Gasteiger partial charge is 0.508 e. The van der Waals surface area contributed by atoms with Gasteiger partial charge in [-0.25, -0.2) is 4.79 Å². The van der Waals surface area contributed by atoms with E-state index < -0.39 is 6.16 Å². The summed E-state index contributed by atoms with van der Waals surface area (Å²) >= 11 is 0. The minimum Gasteiger partial charge on any atom is -0.490 e. The molecule has 80 valence electrons. The summed E-state index contributed by atoms with van der Waals surface area (Å²) in [5.41, 5.74) is 0. The lowest BCUT2D eigenvalue weighted by Crippen LogP contribution is -2.31. The van der Waals surface area contributed by atoms with Crippen molar-refractivity contribution in [1.29, 1.82) is 0 Å². The second-order valence-electron chi connectivity index (χ2n) is 3.25. The van der Waals surface area contributed by atoms with E-state index in [2.05, 4.69) is 4.74 Å². The topological polar surface area (TPSA) is 44.8 Å². The monoisotopic (exact) mass is 208 g/mol. The van der Waals surface area contributed by atoms with E-state index in [9.17, 15) is 4.79 Å². The third kappa shape index (κ3) is 2.87. The van der Waals surface area contributed by atoms with Crippen molar-refractivity contribution in [1.82, 2.24) is 0 Å². The van der Waals surface area contributed by atoms with Crippen LogP contribution in [0, 0.1) is 0 Å². The molecule has 0 aliphatic carbocycles. The SMILES string of the molecule is O=C1OCCC(COc2ccccc2)O1. The molecular formula is C11H12O4. The van der Waals surface area contributed by atoms with E-state index in [0.717, 1.165) is 5.75 Å². The summed E-state index contributed by atoms with van der Waals surface area (Å²) in [6.07, 6.45) is -0.132. The van der Waals surface area contributed by atoms with Crippen LogP contribution >= 0.6 is 0 Å². The minimum atomic E-state index is -0.608. The van der Waals surface area contributed by atoms with Crippen molar-refractivity contribution < 1.29 is 19.0 Å². The Balaban J connectivity index is 1.80. The fourth-order valence-electron chi connectivity index (χ4n) is 1.33. The predicted octanol–water partition coefficient (Wildman–Crippen LogP) is 1.99. The zero-order chi connectivity index (χ0) is 10.5. The fraction of sp³-hybridized carbons (Fsp3) is 0.364. The molecule has 1 aliphatic heterocycles. The average molecular weight is 208 g/mol. The van der Waals surface area contributed by atoms with Crippen LogP contribution in [0.15, 0.2) is 30.3 Å². The van der Waals surface area contributed by atoms with Crippen LogP contribution in [0.3, 0.4) is 0 Å². The predicted molar refractivity (Wildman–Crippen MR) is 52.8 cm³/mol. The highest BCUT2D eigenvalue weighted by Gasteiger charge is 2.21. The van der Waals surface area contributed by atoms with Crippen molar-refractivity contribution in [2.45, 2.75) is 12.5 Å². The molecule has 0 saturated carbocycles. The molecule has 1 fully saturated rings. The van der Waals surface area contributed by atoms with Gasteiger partial charge in [0.25, 0.3) is 0 Å². The smallest absolute Gasteiger partial charge is 0.490 e. The van der Waals surface area contributed by atoms with Gasteiger partial charge in [0.05, 0.1) is 6.61 Å². The molecule has 1 unspecified atom stereocenters. The molecule has 1 atom stereocenters. The third-order valence-electron chi connectivity index (χ3n) is 2.10. The number of benzene rings is 1. The number of hydrogen-bond donors (Lipinski definition) is 0. The molecule has 1 aromatic carbocycles. The van der Waals surface area contributed by atoms with Crippen molar-refractivity contribution in [3.8, 4) is 5.75 Å². The highest BCUT2D eigenvalue weighted by molar-refractivity contribution is 5.60. The van der Waals surface area contributed by atoms with Gasteiger partial charge in [-0.2, -0.15) is 0 Å². The van der Waals surface area contributed by atoms with Crippen LogP contribution in [-0.2, 0) is 9.47 Å². The molecule has 0 N–H and O–H groups in total. The highest BCUT2D eigenvalue weighted by Crippen LogP contribution is 2.12. The van der Waals surface area contributed by atoms with E-state index in [-0.39, 0.29) is 6.10 Å². The van der Waals surface area contributed by atoms with Crippen LogP contribution in [0.4, 0.5) is 4.79 Å².